The van der Waals surface area contributed by atoms with Crippen LogP contribution in [0.4, 0.5) is 0 Å². The highest BCUT2D eigenvalue weighted by Gasteiger charge is 2.23. The topological polar surface area (TPSA) is 89.3 Å². The third kappa shape index (κ3) is 5.63. The maximum absolute atomic E-state index is 12.5. The van der Waals surface area contributed by atoms with E-state index >= 15 is 0 Å². The molecule has 0 bridgehead atoms. The first kappa shape index (κ1) is 18.4. The summed E-state index contributed by atoms with van der Waals surface area (Å²) in [7, 11) is -3.40. The number of rotatable bonds is 7. The lowest BCUT2D eigenvalue weighted by Crippen LogP contribution is -2.32. The minimum atomic E-state index is -3.40. The molecule has 0 saturated heterocycles. The van der Waals surface area contributed by atoms with Gasteiger partial charge in [0.05, 0.1) is 11.5 Å². The fourth-order valence-corrected chi connectivity index (χ4v) is 4.35. The van der Waals surface area contributed by atoms with Crippen molar-refractivity contribution in [2.24, 2.45) is 5.84 Å². The number of carbonyl (C=O) groups excluding carboxylic acids is 1. The average molecular weight is 367 g/mol. The molecule has 128 valence electrons. The van der Waals surface area contributed by atoms with Crippen LogP contribution >= 0.6 is 11.6 Å². The van der Waals surface area contributed by atoms with E-state index in [1.165, 1.54) is 0 Å². The molecule has 1 atom stereocenters. The van der Waals surface area contributed by atoms with Crippen molar-refractivity contribution in [1.82, 2.24) is 5.43 Å². The van der Waals surface area contributed by atoms with Gasteiger partial charge >= 0.3 is 0 Å². The highest BCUT2D eigenvalue weighted by Crippen LogP contribution is 2.25. The predicted molar refractivity (Wildman–Crippen MR) is 95.1 cm³/mol. The molecule has 1 unspecified atom stereocenters. The minimum absolute atomic E-state index is 0.00779. The van der Waals surface area contributed by atoms with Crippen LogP contribution in [0.25, 0.3) is 0 Å². The van der Waals surface area contributed by atoms with E-state index in [1.807, 2.05) is 6.07 Å². The van der Waals surface area contributed by atoms with Crippen molar-refractivity contribution in [3.63, 3.8) is 0 Å². The number of carbonyl (C=O) groups is 1. The van der Waals surface area contributed by atoms with Gasteiger partial charge in [0, 0.05) is 17.4 Å². The van der Waals surface area contributed by atoms with Crippen LogP contribution in [0, 0.1) is 0 Å². The number of benzene rings is 2. The van der Waals surface area contributed by atoms with Crippen LogP contribution in [0.15, 0.2) is 54.6 Å². The molecule has 1 amide bonds. The molecular weight excluding hydrogens is 348 g/mol. The summed E-state index contributed by atoms with van der Waals surface area (Å²) in [6.45, 7) is 0. The van der Waals surface area contributed by atoms with E-state index in [2.05, 4.69) is 5.43 Å². The zero-order chi connectivity index (χ0) is 17.6. The van der Waals surface area contributed by atoms with E-state index in [4.69, 9.17) is 17.4 Å². The normalized spacial score (nSPS) is 12.6. The molecule has 7 heteroatoms. The maximum atomic E-state index is 12.5. The van der Waals surface area contributed by atoms with Gasteiger partial charge in [-0.1, -0.05) is 54.1 Å². The first-order chi connectivity index (χ1) is 11.4. The third-order valence-electron chi connectivity index (χ3n) is 3.62. The van der Waals surface area contributed by atoms with Crippen LogP contribution in [0.1, 0.15) is 23.5 Å². The molecule has 24 heavy (non-hydrogen) atoms. The molecule has 0 aliphatic heterocycles. The second kappa shape index (κ2) is 8.28. The lowest BCUT2D eigenvalue weighted by Gasteiger charge is -2.17. The summed E-state index contributed by atoms with van der Waals surface area (Å²) in [5, 5.41) is 0.549. The second-order valence-electron chi connectivity index (χ2n) is 5.56. The monoisotopic (exact) mass is 366 g/mol. The van der Waals surface area contributed by atoms with Crippen molar-refractivity contribution in [2.45, 2.75) is 18.1 Å². The number of halogens is 1. The molecule has 0 spiro atoms. The predicted octanol–water partition coefficient (Wildman–Crippen LogP) is 2.42. The molecule has 3 N–H and O–H groups in total. The number of hydrogen-bond acceptors (Lipinski definition) is 4. The summed E-state index contributed by atoms with van der Waals surface area (Å²) in [6.07, 6.45) is -0.00779. The number of nitrogens with two attached hydrogens (primary N) is 1. The zero-order valence-corrected chi connectivity index (χ0v) is 14.6. The summed E-state index contributed by atoms with van der Waals surface area (Å²) < 4.78 is 25.1. The lowest BCUT2D eigenvalue weighted by molar-refractivity contribution is -0.121. The Labute approximate surface area is 146 Å². The molecular formula is C17H19ClN2O3S. The Balaban J connectivity index is 2.20. The Morgan fingerprint density at radius 2 is 1.71 bits per heavy atom. The highest BCUT2D eigenvalue weighted by molar-refractivity contribution is 7.90. The Morgan fingerprint density at radius 3 is 2.29 bits per heavy atom. The fraction of sp³-hybridized carbons (Fsp3) is 0.235. The van der Waals surface area contributed by atoms with Gasteiger partial charge in [0.25, 0.3) is 0 Å². The summed E-state index contributed by atoms with van der Waals surface area (Å²) in [5.41, 5.74) is 3.51. The number of hydrogen-bond donors (Lipinski definition) is 2. The van der Waals surface area contributed by atoms with Gasteiger partial charge in [-0.3, -0.25) is 10.2 Å². The molecule has 0 aliphatic carbocycles. The van der Waals surface area contributed by atoms with Gasteiger partial charge < -0.3 is 0 Å². The molecule has 0 fully saturated rings. The molecule has 2 rings (SSSR count). The molecule has 5 nitrogen and oxygen atoms in total. The van der Waals surface area contributed by atoms with Crippen molar-refractivity contribution < 1.29 is 13.2 Å². The minimum Gasteiger partial charge on any atom is -0.294 e. The van der Waals surface area contributed by atoms with Crippen LogP contribution in [-0.4, -0.2) is 20.1 Å². The second-order valence-corrected chi connectivity index (χ2v) is 8.11. The smallest absolute Gasteiger partial charge is 0.234 e. The zero-order valence-electron chi connectivity index (χ0n) is 13.0. The van der Waals surface area contributed by atoms with Crippen molar-refractivity contribution in [3.8, 4) is 0 Å². The van der Waals surface area contributed by atoms with E-state index in [0.29, 0.717) is 5.02 Å². The number of sulfone groups is 1. The third-order valence-corrected chi connectivity index (χ3v) is 5.55. The Kier molecular flexibility index (Phi) is 6.36. The van der Waals surface area contributed by atoms with E-state index in [1.54, 1.807) is 48.5 Å². The van der Waals surface area contributed by atoms with Gasteiger partial charge in [-0.05, 0) is 23.3 Å². The molecule has 2 aromatic rings. The summed E-state index contributed by atoms with van der Waals surface area (Å²) >= 11 is 5.87. The van der Waals surface area contributed by atoms with Crippen LogP contribution in [0.5, 0.6) is 0 Å². The maximum Gasteiger partial charge on any atom is 0.234 e. The van der Waals surface area contributed by atoms with Gasteiger partial charge in [-0.15, -0.1) is 0 Å². The quantitative estimate of drug-likeness (QED) is 0.447. The van der Waals surface area contributed by atoms with E-state index < -0.39 is 21.7 Å². The largest absolute Gasteiger partial charge is 0.294 e. The summed E-state index contributed by atoms with van der Waals surface area (Å²) in [4.78, 5) is 11.6. The molecule has 0 aromatic heterocycles. The lowest BCUT2D eigenvalue weighted by atomic mass is 9.97. The Morgan fingerprint density at radius 1 is 1.08 bits per heavy atom. The van der Waals surface area contributed by atoms with Crippen molar-refractivity contribution in [2.75, 3.05) is 5.75 Å². The number of hydrazine groups is 1. The van der Waals surface area contributed by atoms with Crippen LogP contribution in [0.3, 0.4) is 0 Å². The van der Waals surface area contributed by atoms with Gasteiger partial charge in [-0.25, -0.2) is 14.3 Å². The standard InChI is InChI=1S/C17H19ClN2O3S/c18-16-8-6-14(7-9-16)15(10-17(21)20-19)12-24(22,23)11-13-4-2-1-3-5-13/h1-9,15H,10-12,19H2,(H,20,21). The molecule has 0 aliphatic rings. The van der Waals surface area contributed by atoms with Crippen molar-refractivity contribution in [3.05, 3.63) is 70.7 Å². The SMILES string of the molecule is NNC(=O)CC(CS(=O)(=O)Cc1ccccc1)c1ccc(Cl)cc1. The number of nitrogens with one attached hydrogen (secondary N) is 1. The van der Waals surface area contributed by atoms with Gasteiger partial charge in [0.2, 0.25) is 5.91 Å². The van der Waals surface area contributed by atoms with Crippen LogP contribution in [-0.2, 0) is 20.4 Å². The molecule has 0 heterocycles. The van der Waals surface area contributed by atoms with Crippen LogP contribution < -0.4 is 11.3 Å². The summed E-state index contributed by atoms with van der Waals surface area (Å²) in [5.74, 6) is 4.03. The van der Waals surface area contributed by atoms with Gasteiger partial charge in [0.1, 0.15) is 0 Å². The van der Waals surface area contributed by atoms with E-state index in [0.717, 1.165) is 11.1 Å². The van der Waals surface area contributed by atoms with Gasteiger partial charge in [0.15, 0.2) is 9.84 Å². The Hall–Kier alpha value is -1.89. The van der Waals surface area contributed by atoms with Gasteiger partial charge in [-0.2, -0.15) is 0 Å². The highest BCUT2D eigenvalue weighted by atomic mass is 35.5. The van der Waals surface area contributed by atoms with Crippen molar-refractivity contribution in [1.29, 1.82) is 0 Å². The first-order valence-corrected chi connectivity index (χ1v) is 9.59. The van der Waals surface area contributed by atoms with E-state index in [9.17, 15) is 13.2 Å². The summed E-state index contributed by atoms with van der Waals surface area (Å²) in [6, 6.07) is 15.8. The van der Waals surface area contributed by atoms with Crippen molar-refractivity contribution >= 4 is 27.3 Å². The molecule has 2 aromatic carbocycles. The average Bonchev–Trinajstić information content (AvgIpc) is 2.55. The molecule has 0 saturated carbocycles. The van der Waals surface area contributed by atoms with E-state index in [-0.39, 0.29) is 17.9 Å². The first-order valence-electron chi connectivity index (χ1n) is 7.39. The number of amides is 1. The Bertz CT molecular complexity index is 777. The van der Waals surface area contributed by atoms with Crippen LogP contribution in [0.2, 0.25) is 5.02 Å². The molecule has 0 radical (unpaired) electrons. The fourth-order valence-electron chi connectivity index (χ4n) is 2.48.